The second-order valence-electron chi connectivity index (χ2n) is 3.22. The fraction of sp³-hybridized carbons (Fsp3) is 0.400. The van der Waals surface area contributed by atoms with Crippen molar-refractivity contribution in [3.05, 3.63) is 18.2 Å². The van der Waals surface area contributed by atoms with E-state index >= 15 is 0 Å². The van der Waals surface area contributed by atoms with Crippen LogP contribution in [0.25, 0.3) is 11.0 Å². The molecule has 5 nitrogen and oxygen atoms in total. The van der Waals surface area contributed by atoms with Crippen molar-refractivity contribution in [3.63, 3.8) is 0 Å². The molecular weight excluding hydrogens is 273 g/mol. The Kier molecular flexibility index (Phi) is 3.90. The van der Waals surface area contributed by atoms with Crippen molar-refractivity contribution in [1.82, 2.24) is 7.96 Å². The molecule has 0 aliphatic rings. The molecule has 2 rings (SSSR count). The maximum atomic E-state index is 5.11. The molecule has 1 aromatic heterocycles. The van der Waals surface area contributed by atoms with Crippen LogP contribution in [0.2, 0.25) is 0 Å². The van der Waals surface area contributed by atoms with Crippen LogP contribution in [0.15, 0.2) is 18.2 Å². The van der Waals surface area contributed by atoms with Crippen molar-refractivity contribution in [1.29, 1.82) is 0 Å². The number of aromatic nitrogens is 2. The van der Waals surface area contributed by atoms with Crippen LogP contribution in [-0.2, 0) is 9.47 Å². The van der Waals surface area contributed by atoms with Crippen molar-refractivity contribution in [3.8, 4) is 0 Å². The first-order chi connectivity index (χ1) is 7.85. The van der Waals surface area contributed by atoms with Crippen LogP contribution in [-0.4, -0.2) is 50.0 Å². The van der Waals surface area contributed by atoms with Crippen molar-refractivity contribution in [2.45, 2.75) is 6.29 Å². The number of rotatable bonds is 5. The fourth-order valence-corrected chi connectivity index (χ4v) is 2.56. The number of fused-ring (bicyclic) bond motifs is 1. The summed E-state index contributed by atoms with van der Waals surface area (Å²) in [5.74, 6) is 0. The van der Waals surface area contributed by atoms with Crippen LogP contribution >= 0.6 is 0 Å². The summed E-state index contributed by atoms with van der Waals surface area (Å²) in [4.78, 5) is 0. The number of methoxy groups -OCH3 is 2. The minimum atomic E-state index is -0.250. The summed E-state index contributed by atoms with van der Waals surface area (Å²) in [6.07, 6.45) is -0.250. The number of hydrogen-bond donors (Lipinski definition) is 1. The van der Waals surface area contributed by atoms with Gasteiger partial charge in [-0.25, -0.2) is 0 Å². The first kappa shape index (κ1) is 11.5. The summed E-state index contributed by atoms with van der Waals surface area (Å²) in [5.41, 5.74) is 2.91. The zero-order chi connectivity index (χ0) is 11.4. The van der Waals surface area contributed by atoms with Gasteiger partial charge in [-0.2, -0.15) is 0 Å². The van der Waals surface area contributed by atoms with Crippen molar-refractivity contribution >= 4 is 31.7 Å². The molecule has 0 fully saturated rings. The van der Waals surface area contributed by atoms with E-state index in [1.54, 1.807) is 14.2 Å². The molecule has 0 aliphatic heterocycles. The van der Waals surface area contributed by atoms with Gasteiger partial charge in [0.25, 0.3) is 0 Å². The minimum absolute atomic E-state index is 0.00201. The van der Waals surface area contributed by atoms with Crippen LogP contribution in [0.4, 0.5) is 5.69 Å². The van der Waals surface area contributed by atoms with Crippen molar-refractivity contribution < 1.29 is 9.47 Å². The summed E-state index contributed by atoms with van der Waals surface area (Å²) in [7, 11) is 3.24. The van der Waals surface area contributed by atoms with E-state index in [2.05, 4.69) is 13.3 Å². The third-order valence-corrected chi connectivity index (χ3v) is 3.41. The molecule has 86 valence electrons. The Balaban J connectivity index is 2.11. The maximum absolute atomic E-state index is 5.11. The predicted molar refractivity (Wildman–Crippen MR) is 62.8 cm³/mol. The van der Waals surface area contributed by atoms with Gasteiger partial charge in [-0.05, 0) is 0 Å². The third-order valence-electron chi connectivity index (χ3n) is 2.27. The topological polar surface area (TPSA) is 56.3 Å². The van der Waals surface area contributed by atoms with Crippen LogP contribution in [0.3, 0.4) is 0 Å². The van der Waals surface area contributed by atoms with Gasteiger partial charge in [0.05, 0.1) is 0 Å². The second kappa shape index (κ2) is 5.41. The quantitative estimate of drug-likeness (QED) is 0.648. The summed E-state index contributed by atoms with van der Waals surface area (Å²) in [6.45, 7) is 0.589. The molecule has 0 aliphatic carbocycles. The molecule has 0 spiro atoms. The molecule has 16 heavy (non-hydrogen) atoms. The van der Waals surface area contributed by atoms with E-state index in [4.69, 9.17) is 9.47 Å². The molecule has 1 aromatic carbocycles. The first-order valence-electron chi connectivity index (χ1n) is 4.86. The van der Waals surface area contributed by atoms with Gasteiger partial charge in [-0.3, -0.25) is 0 Å². The Labute approximate surface area is 100.0 Å². The molecule has 0 saturated heterocycles. The number of ether oxygens (including phenoxy) is 2. The molecule has 1 N–H and O–H groups in total. The molecule has 0 saturated carbocycles. The SMILES string of the molecule is COC(CNc1cccc2n[se]nc12)OC. The molecule has 0 atom stereocenters. The molecular formula is C10H13N3O2Se. The Hall–Kier alpha value is -0.941. The molecule has 0 radical (unpaired) electrons. The molecule has 6 heteroatoms. The predicted octanol–water partition coefficient (Wildman–Crippen LogP) is 0.718. The van der Waals surface area contributed by atoms with Crippen molar-refractivity contribution in [2.75, 3.05) is 26.1 Å². The van der Waals surface area contributed by atoms with E-state index in [1.165, 1.54) is 0 Å². The second-order valence-corrected chi connectivity index (χ2v) is 4.33. The van der Waals surface area contributed by atoms with E-state index < -0.39 is 0 Å². The Morgan fingerprint density at radius 3 is 2.88 bits per heavy atom. The van der Waals surface area contributed by atoms with Crippen LogP contribution < -0.4 is 5.32 Å². The van der Waals surface area contributed by atoms with Crippen LogP contribution in [0.1, 0.15) is 0 Å². The number of benzene rings is 1. The Bertz CT molecular complexity index is 456. The van der Waals surface area contributed by atoms with Gasteiger partial charge in [-0.15, -0.1) is 0 Å². The molecule has 0 amide bonds. The summed E-state index contributed by atoms with van der Waals surface area (Å²) in [5, 5.41) is 3.25. The van der Waals surface area contributed by atoms with E-state index in [0.717, 1.165) is 16.7 Å². The number of anilines is 1. The Morgan fingerprint density at radius 2 is 2.12 bits per heavy atom. The Morgan fingerprint density at radius 1 is 1.31 bits per heavy atom. The monoisotopic (exact) mass is 287 g/mol. The molecule has 0 bridgehead atoms. The van der Waals surface area contributed by atoms with E-state index in [0.29, 0.717) is 6.54 Å². The average Bonchev–Trinajstić information content (AvgIpc) is 2.79. The van der Waals surface area contributed by atoms with Crippen molar-refractivity contribution in [2.24, 2.45) is 0 Å². The van der Waals surface area contributed by atoms with Gasteiger partial charge in [0.1, 0.15) is 0 Å². The van der Waals surface area contributed by atoms with Crippen LogP contribution in [0, 0.1) is 0 Å². The number of hydrogen-bond acceptors (Lipinski definition) is 5. The zero-order valence-corrected chi connectivity index (χ0v) is 10.8. The van der Waals surface area contributed by atoms with Gasteiger partial charge in [0.2, 0.25) is 0 Å². The number of nitrogens with zero attached hydrogens (tertiary/aromatic N) is 2. The summed E-state index contributed by atoms with van der Waals surface area (Å²) >= 11 is 0.00201. The summed E-state index contributed by atoms with van der Waals surface area (Å²) in [6, 6.07) is 5.93. The molecule has 1 heterocycles. The van der Waals surface area contributed by atoms with Gasteiger partial charge >= 0.3 is 99.7 Å². The normalized spacial score (nSPS) is 11.2. The third kappa shape index (κ3) is 2.41. The van der Waals surface area contributed by atoms with E-state index in [1.807, 2.05) is 18.2 Å². The standard InChI is InChI=1S/C10H13N3O2Se/c1-14-9(15-2)6-11-7-4-3-5-8-10(7)13-16-12-8/h3-5,9,11H,6H2,1-2H3. The van der Waals surface area contributed by atoms with Gasteiger partial charge in [0, 0.05) is 0 Å². The fourth-order valence-electron chi connectivity index (χ4n) is 1.40. The zero-order valence-electron chi connectivity index (χ0n) is 9.14. The van der Waals surface area contributed by atoms with Gasteiger partial charge in [0.15, 0.2) is 0 Å². The van der Waals surface area contributed by atoms with E-state index in [-0.39, 0.29) is 21.3 Å². The van der Waals surface area contributed by atoms with Gasteiger partial charge < -0.3 is 0 Å². The molecule has 0 unspecified atom stereocenters. The summed E-state index contributed by atoms with van der Waals surface area (Å²) < 4.78 is 18.9. The van der Waals surface area contributed by atoms with Crippen LogP contribution in [0.5, 0.6) is 0 Å². The number of nitrogens with one attached hydrogen (secondary N) is 1. The van der Waals surface area contributed by atoms with E-state index in [9.17, 15) is 0 Å². The molecule has 2 aromatic rings. The van der Waals surface area contributed by atoms with Gasteiger partial charge in [-0.1, -0.05) is 0 Å². The first-order valence-corrected chi connectivity index (χ1v) is 6.39. The average molecular weight is 286 g/mol.